The maximum atomic E-state index is 10.7. The minimum Gasteiger partial charge on any atom is -0.381 e. The zero-order valence-electron chi connectivity index (χ0n) is 9.65. The van der Waals surface area contributed by atoms with E-state index in [1.807, 2.05) is 0 Å². The Morgan fingerprint density at radius 3 is 2.82 bits per heavy atom. The first-order valence-electron chi connectivity index (χ1n) is 5.76. The predicted octanol–water partition coefficient (Wildman–Crippen LogP) is 3.96. The number of non-ortho nitro benzene ring substituents is 1. The van der Waals surface area contributed by atoms with E-state index in [1.54, 1.807) is 12.1 Å². The molecule has 1 saturated carbocycles. The number of rotatable bonds is 3. The second-order valence-electron chi connectivity index (χ2n) is 4.68. The second kappa shape index (κ2) is 5.04. The SMILES string of the molecule is CC1CCC(Nc2cc([N+](=O)[O-])ccc2Br)C1. The van der Waals surface area contributed by atoms with Gasteiger partial charge in [0.15, 0.2) is 0 Å². The first-order chi connectivity index (χ1) is 8.06. The van der Waals surface area contributed by atoms with Crippen LogP contribution in [-0.4, -0.2) is 11.0 Å². The smallest absolute Gasteiger partial charge is 0.271 e. The predicted molar refractivity (Wildman–Crippen MR) is 71.2 cm³/mol. The number of nitrogens with zero attached hydrogens (tertiary/aromatic N) is 1. The molecule has 0 aliphatic heterocycles. The summed E-state index contributed by atoms with van der Waals surface area (Å²) in [5, 5.41) is 14.1. The Kier molecular flexibility index (Phi) is 3.66. The third-order valence-corrected chi connectivity index (χ3v) is 3.91. The molecule has 0 amide bonds. The van der Waals surface area contributed by atoms with E-state index in [4.69, 9.17) is 0 Å². The first-order valence-corrected chi connectivity index (χ1v) is 6.56. The number of anilines is 1. The average molecular weight is 299 g/mol. The molecule has 0 bridgehead atoms. The lowest BCUT2D eigenvalue weighted by molar-refractivity contribution is -0.384. The van der Waals surface area contributed by atoms with E-state index in [0.717, 1.165) is 28.9 Å². The van der Waals surface area contributed by atoms with E-state index < -0.39 is 0 Å². The van der Waals surface area contributed by atoms with Crippen molar-refractivity contribution in [2.45, 2.75) is 32.2 Å². The molecule has 4 nitrogen and oxygen atoms in total. The molecular formula is C12H15BrN2O2. The van der Waals surface area contributed by atoms with Gasteiger partial charge < -0.3 is 5.32 Å². The van der Waals surface area contributed by atoms with Gasteiger partial charge in [-0.15, -0.1) is 0 Å². The molecule has 1 fully saturated rings. The molecule has 1 aliphatic carbocycles. The normalized spacial score (nSPS) is 23.6. The zero-order valence-corrected chi connectivity index (χ0v) is 11.2. The highest BCUT2D eigenvalue weighted by molar-refractivity contribution is 9.10. The molecule has 1 aromatic rings. The maximum absolute atomic E-state index is 10.7. The van der Waals surface area contributed by atoms with Crippen molar-refractivity contribution in [1.82, 2.24) is 0 Å². The van der Waals surface area contributed by atoms with E-state index in [2.05, 4.69) is 28.2 Å². The molecule has 92 valence electrons. The van der Waals surface area contributed by atoms with E-state index in [0.29, 0.717) is 6.04 Å². The fraction of sp³-hybridized carbons (Fsp3) is 0.500. The van der Waals surface area contributed by atoms with Crippen LogP contribution >= 0.6 is 15.9 Å². The van der Waals surface area contributed by atoms with Gasteiger partial charge in [-0.1, -0.05) is 6.92 Å². The molecule has 17 heavy (non-hydrogen) atoms. The molecule has 1 aliphatic rings. The van der Waals surface area contributed by atoms with Gasteiger partial charge in [0.25, 0.3) is 5.69 Å². The highest BCUT2D eigenvalue weighted by atomic mass is 79.9. The summed E-state index contributed by atoms with van der Waals surface area (Å²) in [6.07, 6.45) is 3.50. The number of nitro groups is 1. The van der Waals surface area contributed by atoms with Crippen molar-refractivity contribution in [3.63, 3.8) is 0 Å². The van der Waals surface area contributed by atoms with E-state index in [-0.39, 0.29) is 10.6 Å². The Labute approximate surface area is 109 Å². The zero-order chi connectivity index (χ0) is 12.4. The molecule has 2 unspecified atom stereocenters. The summed E-state index contributed by atoms with van der Waals surface area (Å²) < 4.78 is 0.877. The summed E-state index contributed by atoms with van der Waals surface area (Å²) in [5.41, 5.74) is 0.944. The van der Waals surface area contributed by atoms with Crippen LogP contribution in [0.15, 0.2) is 22.7 Å². The monoisotopic (exact) mass is 298 g/mol. The van der Waals surface area contributed by atoms with Gasteiger partial charge in [0.2, 0.25) is 0 Å². The summed E-state index contributed by atoms with van der Waals surface area (Å²) in [6, 6.07) is 5.25. The fourth-order valence-corrected chi connectivity index (χ4v) is 2.66. The summed E-state index contributed by atoms with van der Waals surface area (Å²) in [7, 11) is 0. The van der Waals surface area contributed by atoms with E-state index in [1.165, 1.54) is 12.5 Å². The lowest BCUT2D eigenvalue weighted by Gasteiger charge is -2.15. The molecule has 0 saturated heterocycles. The summed E-state index contributed by atoms with van der Waals surface area (Å²) in [4.78, 5) is 10.4. The van der Waals surface area contributed by atoms with Crippen molar-refractivity contribution in [3.8, 4) is 0 Å². The Balaban J connectivity index is 2.14. The summed E-state index contributed by atoms with van der Waals surface area (Å²) in [6.45, 7) is 2.24. The lowest BCUT2D eigenvalue weighted by Crippen LogP contribution is -2.15. The third kappa shape index (κ3) is 2.97. The minimum absolute atomic E-state index is 0.127. The van der Waals surface area contributed by atoms with Gasteiger partial charge in [0, 0.05) is 22.6 Å². The maximum Gasteiger partial charge on any atom is 0.271 e. The molecule has 0 heterocycles. The van der Waals surface area contributed by atoms with Crippen LogP contribution in [0.1, 0.15) is 26.2 Å². The van der Waals surface area contributed by atoms with Gasteiger partial charge in [0.05, 0.1) is 10.6 Å². The van der Waals surface area contributed by atoms with Crippen LogP contribution in [0.3, 0.4) is 0 Å². The quantitative estimate of drug-likeness (QED) is 0.679. The van der Waals surface area contributed by atoms with Crippen molar-refractivity contribution in [2.75, 3.05) is 5.32 Å². The van der Waals surface area contributed by atoms with Crippen LogP contribution < -0.4 is 5.32 Å². The van der Waals surface area contributed by atoms with E-state index in [9.17, 15) is 10.1 Å². The molecule has 0 spiro atoms. The molecular weight excluding hydrogens is 284 g/mol. The fourth-order valence-electron chi connectivity index (χ4n) is 2.30. The number of hydrogen-bond acceptors (Lipinski definition) is 3. The van der Waals surface area contributed by atoms with Crippen LogP contribution in [0, 0.1) is 16.0 Å². The topological polar surface area (TPSA) is 55.2 Å². The first kappa shape index (κ1) is 12.4. The number of halogens is 1. The van der Waals surface area contributed by atoms with Crippen molar-refractivity contribution < 1.29 is 4.92 Å². The molecule has 0 radical (unpaired) electrons. The molecule has 2 atom stereocenters. The number of nitro benzene ring substituents is 1. The lowest BCUT2D eigenvalue weighted by atomic mass is 10.1. The van der Waals surface area contributed by atoms with Gasteiger partial charge in [0.1, 0.15) is 0 Å². The Hall–Kier alpha value is -1.10. The molecule has 2 rings (SSSR count). The Morgan fingerprint density at radius 2 is 2.24 bits per heavy atom. The van der Waals surface area contributed by atoms with Crippen LogP contribution in [0.25, 0.3) is 0 Å². The Morgan fingerprint density at radius 1 is 1.47 bits per heavy atom. The van der Waals surface area contributed by atoms with Crippen LogP contribution in [0.5, 0.6) is 0 Å². The van der Waals surface area contributed by atoms with Gasteiger partial charge in [-0.3, -0.25) is 10.1 Å². The Bertz CT molecular complexity index is 437. The minimum atomic E-state index is -0.366. The van der Waals surface area contributed by atoms with Crippen molar-refractivity contribution in [2.24, 2.45) is 5.92 Å². The van der Waals surface area contributed by atoms with Gasteiger partial charge in [-0.25, -0.2) is 0 Å². The number of hydrogen-bond donors (Lipinski definition) is 1. The number of nitrogens with one attached hydrogen (secondary N) is 1. The van der Waals surface area contributed by atoms with Gasteiger partial charge in [-0.05, 0) is 47.2 Å². The van der Waals surface area contributed by atoms with Crippen LogP contribution in [-0.2, 0) is 0 Å². The van der Waals surface area contributed by atoms with E-state index >= 15 is 0 Å². The van der Waals surface area contributed by atoms with Crippen LogP contribution in [0.2, 0.25) is 0 Å². The largest absolute Gasteiger partial charge is 0.381 e. The third-order valence-electron chi connectivity index (χ3n) is 3.22. The van der Waals surface area contributed by atoms with Crippen LogP contribution in [0.4, 0.5) is 11.4 Å². The molecule has 5 heteroatoms. The highest BCUT2D eigenvalue weighted by Gasteiger charge is 2.22. The molecule has 1 aromatic carbocycles. The molecule has 0 aromatic heterocycles. The molecule has 1 N–H and O–H groups in total. The second-order valence-corrected chi connectivity index (χ2v) is 5.54. The standard InChI is InChI=1S/C12H15BrN2O2/c1-8-2-3-9(6-8)14-12-7-10(15(16)17)4-5-11(12)13/h4-5,7-9,14H,2-3,6H2,1H3. The van der Waals surface area contributed by atoms with Crippen molar-refractivity contribution in [1.29, 1.82) is 0 Å². The number of benzene rings is 1. The highest BCUT2D eigenvalue weighted by Crippen LogP contribution is 2.32. The summed E-state index contributed by atoms with van der Waals surface area (Å²) >= 11 is 3.42. The van der Waals surface area contributed by atoms with Gasteiger partial charge >= 0.3 is 0 Å². The summed E-state index contributed by atoms with van der Waals surface area (Å²) in [5.74, 6) is 0.741. The van der Waals surface area contributed by atoms with Crippen molar-refractivity contribution >= 4 is 27.3 Å². The van der Waals surface area contributed by atoms with Gasteiger partial charge in [-0.2, -0.15) is 0 Å². The van der Waals surface area contributed by atoms with Crippen molar-refractivity contribution in [3.05, 3.63) is 32.8 Å². The average Bonchev–Trinajstić information content (AvgIpc) is 2.67.